The maximum atomic E-state index is 6.55. The third-order valence-corrected chi connectivity index (χ3v) is 5.97. The van der Waals surface area contributed by atoms with Gasteiger partial charge >= 0.3 is 0 Å². The summed E-state index contributed by atoms with van der Waals surface area (Å²) in [7, 11) is 0. The van der Waals surface area contributed by atoms with Crippen LogP contribution in [0.15, 0.2) is 18.2 Å². The third-order valence-electron chi connectivity index (χ3n) is 5.42. The molecule has 2 heterocycles. The summed E-state index contributed by atoms with van der Waals surface area (Å²) in [6.45, 7) is 8.54. The first-order valence-corrected chi connectivity index (χ1v) is 10.9. The summed E-state index contributed by atoms with van der Waals surface area (Å²) >= 11 is 12.7. The third kappa shape index (κ3) is 3.27. The molecule has 0 atom stereocenters. The van der Waals surface area contributed by atoms with E-state index in [-0.39, 0.29) is 0 Å². The Bertz CT molecular complexity index is 1020. The molecule has 0 spiro atoms. The fraction of sp³-hybridized carbons (Fsp3) is 0.455. The average molecular weight is 417 g/mol. The van der Waals surface area contributed by atoms with Crippen molar-refractivity contribution in [3.63, 3.8) is 0 Å². The molecule has 4 nitrogen and oxygen atoms in total. The first-order chi connectivity index (χ1) is 13.5. The summed E-state index contributed by atoms with van der Waals surface area (Å²) in [6, 6.07) is 5.63. The van der Waals surface area contributed by atoms with Gasteiger partial charge in [0.1, 0.15) is 5.82 Å². The van der Waals surface area contributed by atoms with Gasteiger partial charge in [0.05, 0.1) is 16.3 Å². The number of aryl methyl sites for hydroxylation is 2. The van der Waals surface area contributed by atoms with Crippen molar-refractivity contribution in [2.24, 2.45) is 0 Å². The second kappa shape index (κ2) is 7.92. The molecule has 0 amide bonds. The van der Waals surface area contributed by atoms with Crippen molar-refractivity contribution in [2.75, 3.05) is 18.0 Å². The highest BCUT2D eigenvalue weighted by molar-refractivity contribution is 6.36. The van der Waals surface area contributed by atoms with E-state index in [1.54, 1.807) is 6.07 Å². The smallest absolute Gasteiger partial charge is 0.165 e. The largest absolute Gasteiger partial charge is 0.356 e. The Balaban J connectivity index is 2.00. The van der Waals surface area contributed by atoms with Crippen LogP contribution in [0.3, 0.4) is 0 Å². The maximum absolute atomic E-state index is 6.55. The van der Waals surface area contributed by atoms with E-state index in [9.17, 15) is 0 Å². The number of hydrogen-bond acceptors (Lipinski definition) is 3. The Kier molecular flexibility index (Phi) is 5.52. The SMILES string of the molecule is CCCN(CCC)c1c2c(nc3c(-c4ccc(Cl)cc4Cl)c(C)nn13)CCC2. The number of halogens is 2. The minimum Gasteiger partial charge on any atom is -0.356 e. The molecule has 0 N–H and O–H groups in total. The number of aromatic nitrogens is 3. The molecule has 1 aromatic carbocycles. The first-order valence-electron chi connectivity index (χ1n) is 10.2. The van der Waals surface area contributed by atoms with Gasteiger partial charge < -0.3 is 4.90 Å². The minimum atomic E-state index is 0.633. The number of fused-ring (bicyclic) bond motifs is 2. The second-order valence-corrected chi connectivity index (χ2v) is 8.36. The number of benzene rings is 1. The standard InChI is InChI=1S/C22H26Cl2N4/c1-4-11-27(12-5-2)22-17-7-6-8-19(17)25-21-20(14(3)26-28(21)22)16-10-9-15(23)13-18(16)24/h9-10,13H,4-8,11-12H2,1-3H3. The molecular formula is C22H26Cl2N4. The summed E-state index contributed by atoms with van der Waals surface area (Å²) in [5.74, 6) is 1.22. The molecule has 28 heavy (non-hydrogen) atoms. The van der Waals surface area contributed by atoms with Gasteiger partial charge in [-0.25, -0.2) is 4.98 Å². The summed E-state index contributed by atoms with van der Waals surface area (Å²) in [5, 5.41) is 6.20. The van der Waals surface area contributed by atoms with E-state index in [4.69, 9.17) is 33.3 Å². The Hall–Kier alpha value is -1.78. The highest BCUT2D eigenvalue weighted by Crippen LogP contribution is 2.38. The van der Waals surface area contributed by atoms with Crippen LogP contribution in [0.2, 0.25) is 10.0 Å². The van der Waals surface area contributed by atoms with E-state index in [1.807, 2.05) is 19.1 Å². The van der Waals surface area contributed by atoms with Gasteiger partial charge in [0, 0.05) is 34.9 Å². The van der Waals surface area contributed by atoms with Gasteiger partial charge in [0.2, 0.25) is 0 Å². The van der Waals surface area contributed by atoms with Crippen molar-refractivity contribution in [3.8, 4) is 11.1 Å². The summed E-state index contributed by atoms with van der Waals surface area (Å²) in [6.07, 6.45) is 5.48. The van der Waals surface area contributed by atoms with E-state index in [0.29, 0.717) is 10.0 Å². The van der Waals surface area contributed by atoms with Crippen LogP contribution in [0.25, 0.3) is 16.8 Å². The van der Waals surface area contributed by atoms with Crippen molar-refractivity contribution in [3.05, 3.63) is 45.2 Å². The van der Waals surface area contributed by atoms with Crippen LogP contribution in [0.4, 0.5) is 5.82 Å². The van der Waals surface area contributed by atoms with Gasteiger partial charge in [0.25, 0.3) is 0 Å². The lowest BCUT2D eigenvalue weighted by Gasteiger charge is -2.26. The zero-order chi connectivity index (χ0) is 19.8. The van der Waals surface area contributed by atoms with Crippen molar-refractivity contribution in [2.45, 2.75) is 52.9 Å². The zero-order valence-corrected chi connectivity index (χ0v) is 18.2. The molecule has 0 bridgehead atoms. The zero-order valence-electron chi connectivity index (χ0n) is 16.7. The van der Waals surface area contributed by atoms with Gasteiger partial charge in [0.15, 0.2) is 5.65 Å². The van der Waals surface area contributed by atoms with Crippen molar-refractivity contribution >= 4 is 34.7 Å². The quantitative estimate of drug-likeness (QED) is 0.484. The Morgan fingerprint density at radius 3 is 2.54 bits per heavy atom. The number of hydrogen-bond donors (Lipinski definition) is 0. The van der Waals surface area contributed by atoms with Crippen LogP contribution < -0.4 is 4.90 Å². The summed E-state index contributed by atoms with van der Waals surface area (Å²) in [5.41, 5.74) is 6.36. The van der Waals surface area contributed by atoms with Crippen LogP contribution in [0.1, 0.15) is 50.1 Å². The first kappa shape index (κ1) is 19.5. The Morgan fingerprint density at radius 1 is 1.11 bits per heavy atom. The molecule has 1 aliphatic carbocycles. The lowest BCUT2D eigenvalue weighted by Crippen LogP contribution is -2.29. The summed E-state index contributed by atoms with van der Waals surface area (Å²) in [4.78, 5) is 7.55. The van der Waals surface area contributed by atoms with Crippen LogP contribution in [-0.4, -0.2) is 27.7 Å². The highest BCUT2D eigenvalue weighted by atomic mass is 35.5. The molecule has 3 aromatic rings. The number of anilines is 1. The van der Waals surface area contributed by atoms with Gasteiger partial charge in [-0.05, 0) is 51.2 Å². The average Bonchev–Trinajstić information content (AvgIpc) is 3.24. The lowest BCUT2D eigenvalue weighted by molar-refractivity contribution is 0.708. The van der Waals surface area contributed by atoms with Crippen LogP contribution in [-0.2, 0) is 12.8 Å². The van der Waals surface area contributed by atoms with Gasteiger partial charge in [-0.15, -0.1) is 0 Å². The van der Waals surface area contributed by atoms with Crippen molar-refractivity contribution in [1.82, 2.24) is 14.6 Å². The molecule has 0 radical (unpaired) electrons. The molecule has 2 aromatic heterocycles. The van der Waals surface area contributed by atoms with E-state index in [2.05, 4.69) is 23.3 Å². The molecule has 0 saturated heterocycles. The summed E-state index contributed by atoms with van der Waals surface area (Å²) < 4.78 is 2.06. The number of nitrogens with zero attached hydrogens (tertiary/aromatic N) is 4. The predicted octanol–water partition coefficient (Wildman–Crippen LogP) is 6.13. The van der Waals surface area contributed by atoms with E-state index in [0.717, 1.165) is 67.7 Å². The Labute approximate surface area is 176 Å². The molecule has 0 unspecified atom stereocenters. The molecule has 6 heteroatoms. The number of rotatable bonds is 6. The second-order valence-electron chi connectivity index (χ2n) is 7.52. The van der Waals surface area contributed by atoms with Gasteiger partial charge in [-0.3, -0.25) is 0 Å². The fourth-order valence-corrected chi connectivity index (χ4v) is 4.81. The topological polar surface area (TPSA) is 33.4 Å². The van der Waals surface area contributed by atoms with Crippen LogP contribution in [0.5, 0.6) is 0 Å². The predicted molar refractivity (Wildman–Crippen MR) is 118 cm³/mol. The van der Waals surface area contributed by atoms with Crippen LogP contribution >= 0.6 is 23.2 Å². The molecule has 0 fully saturated rings. The maximum Gasteiger partial charge on any atom is 0.165 e. The van der Waals surface area contributed by atoms with Crippen molar-refractivity contribution in [1.29, 1.82) is 0 Å². The molecule has 0 saturated carbocycles. The lowest BCUT2D eigenvalue weighted by atomic mass is 10.1. The molecular weight excluding hydrogens is 391 g/mol. The fourth-order valence-electron chi connectivity index (χ4n) is 4.31. The van der Waals surface area contributed by atoms with Crippen molar-refractivity contribution < 1.29 is 0 Å². The minimum absolute atomic E-state index is 0.633. The van der Waals surface area contributed by atoms with E-state index >= 15 is 0 Å². The van der Waals surface area contributed by atoms with Gasteiger partial charge in [-0.1, -0.05) is 43.1 Å². The monoisotopic (exact) mass is 416 g/mol. The Morgan fingerprint density at radius 2 is 1.86 bits per heavy atom. The molecule has 4 rings (SSSR count). The highest BCUT2D eigenvalue weighted by Gasteiger charge is 2.27. The van der Waals surface area contributed by atoms with Gasteiger partial charge in [-0.2, -0.15) is 9.61 Å². The van der Waals surface area contributed by atoms with Crippen LogP contribution in [0, 0.1) is 6.92 Å². The molecule has 148 valence electrons. The van der Waals surface area contributed by atoms with E-state index in [1.165, 1.54) is 17.1 Å². The molecule has 1 aliphatic rings. The normalized spacial score (nSPS) is 13.3. The van der Waals surface area contributed by atoms with E-state index < -0.39 is 0 Å². The molecule has 0 aliphatic heterocycles.